The van der Waals surface area contributed by atoms with Crippen molar-refractivity contribution in [3.8, 4) is 6.07 Å². The van der Waals surface area contributed by atoms with Crippen LogP contribution in [0.1, 0.15) is 76.6 Å². The van der Waals surface area contributed by atoms with Gasteiger partial charge in [-0.25, -0.2) is 0 Å². The molecule has 4 heteroatoms. The van der Waals surface area contributed by atoms with Crippen molar-refractivity contribution in [1.29, 1.82) is 5.26 Å². The van der Waals surface area contributed by atoms with E-state index < -0.39 is 5.41 Å². The average molecular weight is 337 g/mol. The molecule has 0 radical (unpaired) electrons. The number of rotatable bonds is 1. The predicted octanol–water partition coefficient (Wildman–Crippen LogP) is 4.27. The Kier molecular flexibility index (Phi) is 3.68. The van der Waals surface area contributed by atoms with Crippen molar-refractivity contribution in [3.63, 3.8) is 0 Å². The van der Waals surface area contributed by atoms with Crippen molar-refractivity contribution < 1.29 is 4.79 Å². The first-order valence-corrected chi connectivity index (χ1v) is 9.64. The number of aromatic nitrogens is 2. The zero-order valence-corrected chi connectivity index (χ0v) is 15.5. The zero-order valence-electron chi connectivity index (χ0n) is 15.5. The van der Waals surface area contributed by atoms with Gasteiger partial charge in [-0.2, -0.15) is 10.4 Å². The van der Waals surface area contributed by atoms with Gasteiger partial charge < -0.3 is 0 Å². The van der Waals surface area contributed by atoms with Gasteiger partial charge in [0, 0.05) is 17.0 Å². The first kappa shape index (κ1) is 16.6. The van der Waals surface area contributed by atoms with Crippen LogP contribution in [-0.2, 0) is 16.6 Å². The molecule has 1 aromatic rings. The lowest BCUT2D eigenvalue weighted by Gasteiger charge is -2.49. The van der Waals surface area contributed by atoms with Gasteiger partial charge in [0.05, 0.1) is 17.3 Å². The van der Waals surface area contributed by atoms with Crippen LogP contribution >= 0.6 is 0 Å². The number of nitriles is 1. The lowest BCUT2D eigenvalue weighted by Crippen LogP contribution is -2.51. The molecule has 0 N–H and O–H groups in total. The van der Waals surface area contributed by atoms with Gasteiger partial charge in [0.25, 0.3) is 0 Å². The normalized spacial score (nSPS) is 31.7. The molecule has 2 unspecified atom stereocenters. The molecular formula is C21H27N3O. The van der Waals surface area contributed by atoms with Gasteiger partial charge in [-0.3, -0.25) is 9.48 Å². The summed E-state index contributed by atoms with van der Waals surface area (Å²) in [5.74, 6) is 0.194. The van der Waals surface area contributed by atoms with Crippen molar-refractivity contribution in [1.82, 2.24) is 9.78 Å². The summed E-state index contributed by atoms with van der Waals surface area (Å²) in [7, 11) is 0. The standard InChI is InChI=1S/C21H27N3O/c1-20(2)17-10-9-14-13-24(16-7-5-4-6-8-16)23-18(14)21(17,3)11-15(12-22)19(20)25/h11,13,16-17H,4-10H2,1-3H3. The number of Topliss-reactive ketones (excluding diaryl/α,β-unsaturated/α-hetero) is 1. The number of ketones is 1. The predicted molar refractivity (Wildman–Crippen MR) is 96.0 cm³/mol. The Hall–Kier alpha value is -1.89. The fourth-order valence-electron chi connectivity index (χ4n) is 5.60. The van der Waals surface area contributed by atoms with Crippen LogP contribution in [0.2, 0.25) is 0 Å². The summed E-state index contributed by atoms with van der Waals surface area (Å²) in [5.41, 5.74) is 1.88. The molecule has 2 atom stereocenters. The van der Waals surface area contributed by atoms with Gasteiger partial charge in [0.2, 0.25) is 0 Å². The van der Waals surface area contributed by atoms with E-state index in [1.165, 1.54) is 37.7 Å². The number of hydrogen-bond acceptors (Lipinski definition) is 3. The molecule has 25 heavy (non-hydrogen) atoms. The first-order valence-electron chi connectivity index (χ1n) is 9.64. The Morgan fingerprint density at radius 1 is 1.20 bits per heavy atom. The molecule has 0 aliphatic heterocycles. The van der Waals surface area contributed by atoms with Gasteiger partial charge in [-0.15, -0.1) is 0 Å². The van der Waals surface area contributed by atoms with E-state index in [4.69, 9.17) is 5.10 Å². The van der Waals surface area contributed by atoms with Crippen molar-refractivity contribution >= 4 is 5.78 Å². The van der Waals surface area contributed by atoms with E-state index in [9.17, 15) is 10.1 Å². The van der Waals surface area contributed by atoms with Gasteiger partial charge in [-0.05, 0) is 37.2 Å². The first-order chi connectivity index (χ1) is 11.9. The summed E-state index contributed by atoms with van der Waals surface area (Å²) in [5, 5.41) is 14.5. The van der Waals surface area contributed by atoms with Gasteiger partial charge in [-0.1, -0.05) is 46.1 Å². The van der Waals surface area contributed by atoms with E-state index in [0.717, 1.165) is 18.5 Å². The molecule has 4 rings (SSSR count). The molecule has 0 saturated heterocycles. The topological polar surface area (TPSA) is 58.7 Å². The number of aryl methyl sites for hydroxylation is 1. The van der Waals surface area contributed by atoms with Crippen LogP contribution < -0.4 is 0 Å². The molecule has 3 aliphatic rings. The highest BCUT2D eigenvalue weighted by Gasteiger charge is 2.55. The summed E-state index contributed by atoms with van der Waals surface area (Å²) < 4.78 is 2.20. The van der Waals surface area contributed by atoms with Gasteiger partial charge >= 0.3 is 0 Å². The molecule has 4 nitrogen and oxygen atoms in total. The number of carbonyl (C=O) groups excluding carboxylic acids is 1. The minimum Gasteiger partial charge on any atom is -0.293 e. The summed E-state index contributed by atoms with van der Waals surface area (Å²) in [6.45, 7) is 6.19. The van der Waals surface area contributed by atoms with E-state index in [-0.39, 0.29) is 17.1 Å². The number of nitrogens with zero attached hydrogens (tertiary/aromatic N) is 3. The molecule has 0 aromatic carbocycles. The zero-order chi connectivity index (χ0) is 17.8. The molecule has 0 spiro atoms. The lowest BCUT2D eigenvalue weighted by atomic mass is 9.52. The van der Waals surface area contributed by atoms with Crippen molar-refractivity contribution in [2.75, 3.05) is 0 Å². The third-order valence-corrected chi connectivity index (χ3v) is 6.96. The molecule has 1 saturated carbocycles. The van der Waals surface area contributed by atoms with Crippen LogP contribution in [0.15, 0.2) is 17.8 Å². The molecule has 1 heterocycles. The largest absolute Gasteiger partial charge is 0.293 e. The Morgan fingerprint density at radius 2 is 1.92 bits per heavy atom. The summed E-state index contributed by atoms with van der Waals surface area (Å²) in [6.07, 6.45) is 12.5. The van der Waals surface area contributed by atoms with Crippen molar-refractivity contribution in [2.45, 2.75) is 77.2 Å². The second-order valence-electron chi connectivity index (χ2n) is 8.87. The molecule has 1 aromatic heterocycles. The SMILES string of the molecule is CC1(C)C(=O)C(C#N)=CC2(C)c3nn(C4CCCCC4)cc3CCC12. The van der Waals surface area contributed by atoms with Crippen LogP contribution in [-0.4, -0.2) is 15.6 Å². The monoisotopic (exact) mass is 337 g/mol. The van der Waals surface area contributed by atoms with Gasteiger partial charge in [0.1, 0.15) is 6.07 Å². The fourth-order valence-corrected chi connectivity index (χ4v) is 5.60. The van der Waals surface area contributed by atoms with Crippen LogP contribution in [0.4, 0.5) is 0 Å². The molecule has 1 fully saturated rings. The Balaban J connectivity index is 1.81. The summed E-state index contributed by atoms with van der Waals surface area (Å²) >= 11 is 0. The Morgan fingerprint density at radius 3 is 2.60 bits per heavy atom. The second-order valence-corrected chi connectivity index (χ2v) is 8.87. The van der Waals surface area contributed by atoms with E-state index in [1.54, 1.807) is 0 Å². The molecular weight excluding hydrogens is 310 g/mol. The maximum atomic E-state index is 12.7. The number of allylic oxidation sites excluding steroid dienone is 2. The molecule has 0 bridgehead atoms. The summed E-state index contributed by atoms with van der Waals surface area (Å²) in [4.78, 5) is 12.7. The van der Waals surface area contributed by atoms with Gasteiger partial charge in [0.15, 0.2) is 5.78 Å². The average Bonchev–Trinajstić information content (AvgIpc) is 3.05. The highest BCUT2D eigenvalue weighted by Crippen LogP contribution is 2.54. The Bertz CT molecular complexity index is 789. The number of carbonyl (C=O) groups is 1. The third-order valence-electron chi connectivity index (χ3n) is 6.96. The minimum absolute atomic E-state index is 0.00682. The van der Waals surface area contributed by atoms with Crippen molar-refractivity contribution in [2.24, 2.45) is 11.3 Å². The van der Waals surface area contributed by atoms with Crippen molar-refractivity contribution in [3.05, 3.63) is 29.1 Å². The minimum atomic E-state index is -0.513. The van der Waals surface area contributed by atoms with Crippen LogP contribution in [0.25, 0.3) is 0 Å². The van der Waals surface area contributed by atoms with E-state index in [0.29, 0.717) is 11.6 Å². The van der Waals surface area contributed by atoms with E-state index in [1.807, 2.05) is 19.9 Å². The highest BCUT2D eigenvalue weighted by molar-refractivity contribution is 6.04. The summed E-state index contributed by atoms with van der Waals surface area (Å²) in [6, 6.07) is 2.66. The highest BCUT2D eigenvalue weighted by atomic mass is 16.1. The van der Waals surface area contributed by atoms with Crippen LogP contribution in [0.5, 0.6) is 0 Å². The van der Waals surface area contributed by atoms with E-state index in [2.05, 4.69) is 23.9 Å². The van der Waals surface area contributed by atoms with E-state index >= 15 is 0 Å². The third kappa shape index (κ3) is 2.32. The molecule has 132 valence electrons. The maximum Gasteiger partial charge on any atom is 0.178 e. The van der Waals surface area contributed by atoms with Crippen LogP contribution in [0, 0.1) is 22.7 Å². The molecule has 0 amide bonds. The second kappa shape index (κ2) is 5.56. The maximum absolute atomic E-state index is 12.7. The number of hydrogen-bond donors (Lipinski definition) is 0. The quantitative estimate of drug-likeness (QED) is 0.769. The Labute approximate surface area is 149 Å². The number of fused-ring (bicyclic) bond motifs is 3. The smallest absolute Gasteiger partial charge is 0.178 e. The molecule has 3 aliphatic carbocycles. The van der Waals surface area contributed by atoms with Crippen LogP contribution in [0.3, 0.4) is 0 Å². The fraction of sp³-hybridized carbons (Fsp3) is 0.667. The lowest BCUT2D eigenvalue weighted by molar-refractivity contribution is -0.128.